The Hall–Kier alpha value is -1.00. The molecule has 0 aliphatic carbocycles. The first-order valence-corrected chi connectivity index (χ1v) is 7.49. The molecular weight excluding hydrogens is 262 g/mol. The number of carbonyl (C=O) groups excluding carboxylic acids is 1. The second kappa shape index (κ2) is 6.25. The molecule has 0 bridgehead atoms. The van der Waals surface area contributed by atoms with Gasteiger partial charge in [0.25, 0.3) is 0 Å². The average Bonchev–Trinajstić information content (AvgIpc) is 2.72. The van der Waals surface area contributed by atoms with Gasteiger partial charge >= 0.3 is 0 Å². The minimum Gasteiger partial charge on any atom is -0.356 e. The lowest BCUT2D eigenvalue weighted by molar-refractivity contribution is -0.121. The van der Waals surface area contributed by atoms with E-state index in [2.05, 4.69) is 35.5 Å². The lowest BCUT2D eigenvalue weighted by Crippen LogP contribution is -2.24. The van der Waals surface area contributed by atoms with Gasteiger partial charge in [-0.25, -0.2) is 0 Å². The van der Waals surface area contributed by atoms with Gasteiger partial charge in [-0.3, -0.25) is 4.79 Å². The Labute approximate surface area is 117 Å². The van der Waals surface area contributed by atoms with Crippen molar-refractivity contribution in [2.24, 2.45) is 0 Å². The second-order valence-corrected chi connectivity index (χ2v) is 5.72. The van der Waals surface area contributed by atoms with Crippen LogP contribution >= 0.6 is 24.0 Å². The SMILES string of the molecule is CCCC(=O)NCCc1csc2ccc(S)cc12. The van der Waals surface area contributed by atoms with E-state index in [1.165, 1.54) is 15.6 Å². The van der Waals surface area contributed by atoms with Gasteiger partial charge in [0.15, 0.2) is 0 Å². The Morgan fingerprint density at radius 1 is 1.44 bits per heavy atom. The summed E-state index contributed by atoms with van der Waals surface area (Å²) in [5.74, 6) is 0.145. The first kappa shape index (κ1) is 13.4. The van der Waals surface area contributed by atoms with Crippen molar-refractivity contribution < 1.29 is 4.79 Å². The molecule has 0 saturated carbocycles. The molecule has 1 amide bonds. The predicted octanol–water partition coefficient (Wildman–Crippen LogP) is 3.65. The number of carbonyl (C=O) groups is 1. The number of thiophene rings is 1. The molecule has 0 spiro atoms. The summed E-state index contributed by atoms with van der Waals surface area (Å²) in [7, 11) is 0. The maximum absolute atomic E-state index is 11.4. The molecule has 0 saturated heterocycles. The molecular formula is C14H17NOS2. The van der Waals surface area contributed by atoms with Crippen molar-refractivity contribution in [2.75, 3.05) is 6.54 Å². The third-order valence-corrected chi connectivity index (χ3v) is 4.12. The fourth-order valence-corrected chi connectivity index (χ4v) is 3.10. The molecule has 1 N–H and O–H groups in total. The number of amides is 1. The maximum atomic E-state index is 11.4. The van der Waals surface area contributed by atoms with E-state index in [1.54, 1.807) is 11.3 Å². The first-order chi connectivity index (χ1) is 8.70. The zero-order valence-corrected chi connectivity index (χ0v) is 12.1. The fraction of sp³-hybridized carbons (Fsp3) is 0.357. The summed E-state index contributed by atoms with van der Waals surface area (Å²) in [6, 6.07) is 6.20. The first-order valence-electron chi connectivity index (χ1n) is 6.16. The molecule has 0 atom stereocenters. The maximum Gasteiger partial charge on any atom is 0.219 e. The molecule has 0 radical (unpaired) electrons. The molecule has 2 aromatic rings. The number of hydrogen-bond donors (Lipinski definition) is 2. The lowest BCUT2D eigenvalue weighted by atomic mass is 10.1. The van der Waals surface area contributed by atoms with Gasteiger partial charge in [-0.15, -0.1) is 24.0 Å². The third kappa shape index (κ3) is 3.27. The molecule has 18 heavy (non-hydrogen) atoms. The zero-order chi connectivity index (χ0) is 13.0. The van der Waals surface area contributed by atoms with Gasteiger partial charge in [-0.05, 0) is 47.4 Å². The molecule has 1 aromatic carbocycles. The summed E-state index contributed by atoms with van der Waals surface area (Å²) in [5.41, 5.74) is 1.29. The molecule has 96 valence electrons. The molecule has 0 aliphatic heterocycles. The molecule has 2 rings (SSSR count). The summed E-state index contributed by atoms with van der Waals surface area (Å²) >= 11 is 6.11. The van der Waals surface area contributed by atoms with Crippen LogP contribution in [0.25, 0.3) is 10.1 Å². The topological polar surface area (TPSA) is 29.1 Å². The average molecular weight is 279 g/mol. The van der Waals surface area contributed by atoms with Gasteiger partial charge in [-0.2, -0.15) is 0 Å². The van der Waals surface area contributed by atoms with E-state index in [-0.39, 0.29) is 5.91 Å². The van der Waals surface area contributed by atoms with Gasteiger partial charge in [0.2, 0.25) is 5.91 Å². The summed E-state index contributed by atoms with van der Waals surface area (Å²) < 4.78 is 1.28. The van der Waals surface area contributed by atoms with E-state index in [1.807, 2.05) is 13.0 Å². The molecule has 4 heteroatoms. The normalized spacial score (nSPS) is 10.8. The van der Waals surface area contributed by atoms with Gasteiger partial charge in [0.05, 0.1) is 0 Å². The summed E-state index contributed by atoms with van der Waals surface area (Å²) in [4.78, 5) is 12.4. The molecule has 0 fully saturated rings. The number of thiol groups is 1. The Morgan fingerprint density at radius 3 is 3.06 bits per heavy atom. The van der Waals surface area contributed by atoms with Crippen molar-refractivity contribution in [1.82, 2.24) is 5.32 Å². The van der Waals surface area contributed by atoms with Crippen LogP contribution in [0.5, 0.6) is 0 Å². The minimum atomic E-state index is 0.145. The number of nitrogens with one attached hydrogen (secondary N) is 1. The van der Waals surface area contributed by atoms with Crippen molar-refractivity contribution in [3.05, 3.63) is 29.1 Å². The third-order valence-electron chi connectivity index (χ3n) is 2.83. The molecule has 1 aromatic heterocycles. The number of rotatable bonds is 5. The number of benzene rings is 1. The van der Waals surface area contributed by atoms with Crippen LogP contribution in [0.1, 0.15) is 25.3 Å². The van der Waals surface area contributed by atoms with E-state index in [0.29, 0.717) is 13.0 Å². The highest BCUT2D eigenvalue weighted by Crippen LogP contribution is 2.28. The van der Waals surface area contributed by atoms with Gasteiger partial charge in [0, 0.05) is 22.6 Å². The quantitative estimate of drug-likeness (QED) is 0.804. The second-order valence-electron chi connectivity index (χ2n) is 4.29. The van der Waals surface area contributed by atoms with Crippen LogP contribution in [-0.4, -0.2) is 12.5 Å². The number of fused-ring (bicyclic) bond motifs is 1. The van der Waals surface area contributed by atoms with Crippen LogP contribution in [0.4, 0.5) is 0 Å². The molecule has 0 unspecified atom stereocenters. The van der Waals surface area contributed by atoms with Crippen molar-refractivity contribution in [2.45, 2.75) is 31.1 Å². The van der Waals surface area contributed by atoms with Crippen molar-refractivity contribution in [1.29, 1.82) is 0 Å². The highest BCUT2D eigenvalue weighted by atomic mass is 32.1. The summed E-state index contributed by atoms with van der Waals surface area (Å²) in [6.07, 6.45) is 2.40. The Balaban J connectivity index is 1.99. The standard InChI is InChI=1S/C14H17NOS2/c1-2-3-14(16)15-7-6-10-9-18-13-5-4-11(17)8-12(10)13/h4-5,8-9,17H,2-3,6-7H2,1H3,(H,15,16). The van der Waals surface area contributed by atoms with Crippen LogP contribution in [0.2, 0.25) is 0 Å². The van der Waals surface area contributed by atoms with E-state index in [0.717, 1.165) is 17.7 Å². The van der Waals surface area contributed by atoms with E-state index in [4.69, 9.17) is 0 Å². The van der Waals surface area contributed by atoms with Crippen LogP contribution in [-0.2, 0) is 11.2 Å². The van der Waals surface area contributed by atoms with Crippen LogP contribution in [0.3, 0.4) is 0 Å². The lowest BCUT2D eigenvalue weighted by Gasteiger charge is -2.04. The van der Waals surface area contributed by atoms with Crippen molar-refractivity contribution in [3.63, 3.8) is 0 Å². The smallest absolute Gasteiger partial charge is 0.219 e. The summed E-state index contributed by atoms with van der Waals surface area (Å²) in [5, 5.41) is 6.38. The monoisotopic (exact) mass is 279 g/mol. The fourth-order valence-electron chi connectivity index (χ4n) is 1.92. The van der Waals surface area contributed by atoms with Crippen molar-refractivity contribution in [3.8, 4) is 0 Å². The van der Waals surface area contributed by atoms with Crippen LogP contribution < -0.4 is 5.32 Å². The van der Waals surface area contributed by atoms with Gasteiger partial charge in [-0.1, -0.05) is 6.92 Å². The van der Waals surface area contributed by atoms with E-state index in [9.17, 15) is 4.79 Å². The Kier molecular flexibility index (Phi) is 4.66. The van der Waals surface area contributed by atoms with Gasteiger partial charge < -0.3 is 5.32 Å². The largest absolute Gasteiger partial charge is 0.356 e. The Bertz CT molecular complexity index is 548. The molecule has 1 heterocycles. The number of hydrogen-bond acceptors (Lipinski definition) is 3. The predicted molar refractivity (Wildman–Crippen MR) is 80.7 cm³/mol. The minimum absolute atomic E-state index is 0.145. The van der Waals surface area contributed by atoms with E-state index < -0.39 is 0 Å². The molecule has 2 nitrogen and oxygen atoms in total. The molecule has 0 aliphatic rings. The summed E-state index contributed by atoms with van der Waals surface area (Å²) in [6.45, 7) is 2.72. The van der Waals surface area contributed by atoms with E-state index >= 15 is 0 Å². The zero-order valence-electron chi connectivity index (χ0n) is 10.4. The highest BCUT2D eigenvalue weighted by Gasteiger charge is 2.05. The van der Waals surface area contributed by atoms with Gasteiger partial charge in [0.1, 0.15) is 0 Å². The Morgan fingerprint density at radius 2 is 2.28 bits per heavy atom. The highest BCUT2D eigenvalue weighted by molar-refractivity contribution is 7.80. The van der Waals surface area contributed by atoms with Crippen molar-refractivity contribution >= 4 is 40.0 Å². The van der Waals surface area contributed by atoms with Crippen LogP contribution in [0.15, 0.2) is 28.5 Å². The van der Waals surface area contributed by atoms with Crippen LogP contribution in [0, 0.1) is 0 Å².